The molecule has 0 aliphatic carbocycles. The maximum Gasteiger partial charge on any atom is 0.203 e. The molecule has 0 radical (unpaired) electrons. The predicted octanol–water partition coefficient (Wildman–Crippen LogP) is 0.628. The van der Waals surface area contributed by atoms with Crippen LogP contribution in [0.4, 0.5) is 5.13 Å². The van der Waals surface area contributed by atoms with Gasteiger partial charge in [-0.25, -0.2) is 0 Å². The van der Waals surface area contributed by atoms with Gasteiger partial charge in [0.25, 0.3) is 0 Å². The van der Waals surface area contributed by atoms with Crippen LogP contribution in [0, 0.1) is 0 Å². The zero-order valence-electron chi connectivity index (χ0n) is 7.51. The summed E-state index contributed by atoms with van der Waals surface area (Å²) in [5, 5.41) is 8.15. The average Bonchev–Trinajstić information content (AvgIpc) is 2.63. The Kier molecular flexibility index (Phi) is 3.57. The first-order valence-corrected chi connectivity index (χ1v) is 6.06. The van der Waals surface area contributed by atoms with Crippen LogP contribution in [0.15, 0.2) is 4.34 Å². The van der Waals surface area contributed by atoms with Gasteiger partial charge in [-0.1, -0.05) is 23.1 Å². The van der Waals surface area contributed by atoms with Gasteiger partial charge in [0.05, 0.1) is 25.9 Å². The molecule has 2 heterocycles. The van der Waals surface area contributed by atoms with E-state index >= 15 is 0 Å². The molecular formula is C7H11N3O2S2. The highest BCUT2D eigenvalue weighted by atomic mass is 32.2. The Morgan fingerprint density at radius 2 is 2.43 bits per heavy atom. The second-order valence-electron chi connectivity index (χ2n) is 2.78. The number of nitrogens with zero attached hydrogens (tertiary/aromatic N) is 2. The number of thioether (sulfide) groups is 1. The molecule has 0 amide bonds. The van der Waals surface area contributed by atoms with Crippen LogP contribution in [0.25, 0.3) is 0 Å². The van der Waals surface area contributed by atoms with Crippen LogP contribution in [0.2, 0.25) is 0 Å². The number of anilines is 1. The van der Waals surface area contributed by atoms with Crippen molar-refractivity contribution in [1.29, 1.82) is 0 Å². The Bertz CT molecular complexity index is 288. The number of ether oxygens (including phenoxy) is 2. The number of nitrogen functional groups attached to an aromatic ring is 1. The molecule has 7 heteroatoms. The molecule has 0 aromatic carbocycles. The number of hydrogen-bond donors (Lipinski definition) is 1. The van der Waals surface area contributed by atoms with Crippen LogP contribution in [0.5, 0.6) is 0 Å². The molecule has 1 saturated heterocycles. The van der Waals surface area contributed by atoms with Gasteiger partial charge in [0, 0.05) is 5.75 Å². The molecule has 2 rings (SSSR count). The van der Waals surface area contributed by atoms with Gasteiger partial charge in [0.1, 0.15) is 0 Å². The number of aromatic nitrogens is 2. The summed E-state index contributed by atoms with van der Waals surface area (Å²) in [7, 11) is 0. The molecule has 1 atom stereocenters. The molecule has 5 nitrogen and oxygen atoms in total. The Morgan fingerprint density at radius 1 is 1.50 bits per heavy atom. The lowest BCUT2D eigenvalue weighted by atomic mass is 10.4. The van der Waals surface area contributed by atoms with E-state index in [9.17, 15) is 0 Å². The highest BCUT2D eigenvalue weighted by Gasteiger charge is 2.15. The van der Waals surface area contributed by atoms with Gasteiger partial charge < -0.3 is 15.2 Å². The molecular weight excluding hydrogens is 222 g/mol. The summed E-state index contributed by atoms with van der Waals surface area (Å²) in [5.41, 5.74) is 5.46. The van der Waals surface area contributed by atoms with E-state index in [4.69, 9.17) is 15.2 Å². The molecule has 1 fully saturated rings. The van der Waals surface area contributed by atoms with Crippen LogP contribution in [0.3, 0.4) is 0 Å². The summed E-state index contributed by atoms with van der Waals surface area (Å²) in [5.74, 6) is 0.842. The predicted molar refractivity (Wildman–Crippen MR) is 55.6 cm³/mol. The topological polar surface area (TPSA) is 70.3 Å². The van der Waals surface area contributed by atoms with Crippen LogP contribution in [-0.2, 0) is 9.47 Å². The van der Waals surface area contributed by atoms with Crippen LogP contribution in [0.1, 0.15) is 0 Å². The monoisotopic (exact) mass is 233 g/mol. The first kappa shape index (κ1) is 10.2. The average molecular weight is 233 g/mol. The van der Waals surface area contributed by atoms with Crippen LogP contribution in [-0.4, -0.2) is 41.9 Å². The quantitative estimate of drug-likeness (QED) is 0.772. The second-order valence-corrected chi connectivity index (χ2v) is 5.06. The summed E-state index contributed by atoms with van der Waals surface area (Å²) in [6, 6.07) is 0. The van der Waals surface area contributed by atoms with E-state index in [0.29, 0.717) is 25.0 Å². The van der Waals surface area contributed by atoms with Crippen molar-refractivity contribution in [1.82, 2.24) is 10.2 Å². The van der Waals surface area contributed by atoms with Gasteiger partial charge in [-0.3, -0.25) is 0 Å². The molecule has 1 unspecified atom stereocenters. The Morgan fingerprint density at radius 3 is 3.07 bits per heavy atom. The van der Waals surface area contributed by atoms with E-state index < -0.39 is 0 Å². The fourth-order valence-electron chi connectivity index (χ4n) is 1.08. The minimum atomic E-state index is 0.166. The molecule has 1 aliphatic heterocycles. The minimum Gasteiger partial charge on any atom is -0.376 e. The smallest absolute Gasteiger partial charge is 0.203 e. The van der Waals surface area contributed by atoms with Crippen molar-refractivity contribution in [2.24, 2.45) is 0 Å². The lowest BCUT2D eigenvalue weighted by Gasteiger charge is -2.21. The molecule has 0 saturated carbocycles. The van der Waals surface area contributed by atoms with Gasteiger partial charge >= 0.3 is 0 Å². The molecule has 1 aliphatic rings. The van der Waals surface area contributed by atoms with Crippen molar-refractivity contribution in [3.05, 3.63) is 0 Å². The standard InChI is InChI=1S/C7H11N3O2S2/c8-6-9-10-7(14-6)13-4-5-3-11-1-2-12-5/h5H,1-4H2,(H2,8,9). The lowest BCUT2D eigenvalue weighted by Crippen LogP contribution is -2.30. The van der Waals surface area contributed by atoms with Crippen LogP contribution >= 0.6 is 23.1 Å². The third-order valence-corrected chi connectivity index (χ3v) is 3.72. The SMILES string of the molecule is Nc1nnc(SCC2COCCO2)s1. The third-order valence-electron chi connectivity index (χ3n) is 1.70. The van der Waals surface area contributed by atoms with Crippen molar-refractivity contribution in [3.8, 4) is 0 Å². The van der Waals surface area contributed by atoms with E-state index in [-0.39, 0.29) is 6.10 Å². The number of rotatable bonds is 3. The zero-order chi connectivity index (χ0) is 9.80. The van der Waals surface area contributed by atoms with E-state index in [2.05, 4.69) is 10.2 Å². The highest BCUT2D eigenvalue weighted by molar-refractivity contribution is 8.01. The largest absolute Gasteiger partial charge is 0.376 e. The van der Waals surface area contributed by atoms with E-state index in [0.717, 1.165) is 10.1 Å². The minimum absolute atomic E-state index is 0.166. The first-order chi connectivity index (χ1) is 6.84. The Labute approximate surface area is 90.0 Å². The summed E-state index contributed by atoms with van der Waals surface area (Å²) in [6.07, 6.45) is 0.166. The summed E-state index contributed by atoms with van der Waals surface area (Å²) < 4.78 is 11.7. The molecule has 0 spiro atoms. The molecule has 0 bridgehead atoms. The first-order valence-electron chi connectivity index (χ1n) is 4.26. The van der Waals surface area contributed by atoms with Gasteiger partial charge in [-0.05, 0) is 0 Å². The highest BCUT2D eigenvalue weighted by Crippen LogP contribution is 2.24. The number of hydrogen-bond acceptors (Lipinski definition) is 7. The van der Waals surface area contributed by atoms with Crippen molar-refractivity contribution >= 4 is 28.2 Å². The molecule has 2 N–H and O–H groups in total. The fraction of sp³-hybridized carbons (Fsp3) is 0.714. The van der Waals surface area contributed by atoms with Gasteiger partial charge in [0.2, 0.25) is 5.13 Å². The molecule has 1 aromatic heterocycles. The van der Waals surface area contributed by atoms with Crippen molar-refractivity contribution in [2.45, 2.75) is 10.4 Å². The Balaban J connectivity index is 1.76. The summed E-state index contributed by atoms with van der Waals surface area (Å²) in [6.45, 7) is 2.05. The lowest BCUT2D eigenvalue weighted by molar-refractivity contribution is -0.0776. The van der Waals surface area contributed by atoms with E-state index in [1.165, 1.54) is 11.3 Å². The van der Waals surface area contributed by atoms with Crippen molar-refractivity contribution in [3.63, 3.8) is 0 Å². The van der Waals surface area contributed by atoms with Gasteiger partial charge in [0.15, 0.2) is 4.34 Å². The molecule has 1 aromatic rings. The molecule has 78 valence electrons. The summed E-state index contributed by atoms with van der Waals surface area (Å²) in [4.78, 5) is 0. The maximum atomic E-state index is 5.49. The fourth-order valence-corrected chi connectivity index (χ4v) is 2.73. The van der Waals surface area contributed by atoms with Gasteiger partial charge in [-0.15, -0.1) is 10.2 Å². The normalized spacial score (nSPS) is 22.4. The summed E-state index contributed by atoms with van der Waals surface area (Å²) >= 11 is 3.01. The van der Waals surface area contributed by atoms with Gasteiger partial charge in [-0.2, -0.15) is 0 Å². The number of nitrogens with two attached hydrogens (primary N) is 1. The second kappa shape index (κ2) is 4.92. The zero-order valence-corrected chi connectivity index (χ0v) is 9.14. The van der Waals surface area contributed by atoms with Crippen molar-refractivity contribution in [2.75, 3.05) is 31.3 Å². The van der Waals surface area contributed by atoms with E-state index in [1.54, 1.807) is 11.8 Å². The Hall–Kier alpha value is -0.370. The molecule has 14 heavy (non-hydrogen) atoms. The van der Waals surface area contributed by atoms with E-state index in [1.807, 2.05) is 0 Å². The third kappa shape index (κ3) is 2.81. The maximum absolute atomic E-state index is 5.49. The van der Waals surface area contributed by atoms with Crippen molar-refractivity contribution < 1.29 is 9.47 Å². The van der Waals surface area contributed by atoms with Crippen LogP contribution < -0.4 is 5.73 Å².